The van der Waals surface area contributed by atoms with Crippen molar-refractivity contribution in [2.24, 2.45) is 0 Å². The minimum atomic E-state index is -4.12. The Morgan fingerprint density at radius 3 is 2.56 bits per heavy atom. The highest BCUT2D eigenvalue weighted by molar-refractivity contribution is 5.38. The van der Waals surface area contributed by atoms with Gasteiger partial charge in [-0.1, -0.05) is 12.1 Å². The number of hydrogen-bond acceptors (Lipinski definition) is 2. The Labute approximate surface area is 105 Å². The summed E-state index contributed by atoms with van der Waals surface area (Å²) in [6.07, 6.45) is -4.95. The zero-order chi connectivity index (χ0) is 13.8. The first-order chi connectivity index (χ1) is 8.33. The maximum absolute atomic E-state index is 12.0. The first-order valence-corrected chi connectivity index (χ1v) is 5.78. The number of ether oxygens (including phenoxy) is 1. The molecule has 0 aliphatic carbocycles. The van der Waals surface area contributed by atoms with E-state index in [1.807, 2.05) is 32.0 Å². The lowest BCUT2D eigenvalue weighted by Gasteiger charge is -2.18. The molecule has 102 valence electrons. The zero-order valence-corrected chi connectivity index (χ0v) is 10.8. The summed E-state index contributed by atoms with van der Waals surface area (Å²) >= 11 is 0. The van der Waals surface area contributed by atoms with Crippen molar-refractivity contribution in [2.75, 3.05) is 13.7 Å². The van der Waals surface area contributed by atoms with E-state index in [0.29, 0.717) is 5.75 Å². The van der Waals surface area contributed by atoms with E-state index >= 15 is 0 Å². The molecule has 5 heteroatoms. The molecule has 0 fully saturated rings. The molecule has 1 aromatic rings. The lowest BCUT2D eigenvalue weighted by molar-refractivity contribution is -0.133. The molecule has 0 aliphatic rings. The average Bonchev–Trinajstić information content (AvgIpc) is 2.26. The summed E-state index contributed by atoms with van der Waals surface area (Å²) in [6.45, 7) is 3.67. The normalized spacial score (nSPS) is 13.4. The predicted molar refractivity (Wildman–Crippen MR) is 64.8 cm³/mol. The molecule has 0 aromatic heterocycles. The van der Waals surface area contributed by atoms with Gasteiger partial charge in [-0.15, -0.1) is 0 Å². The summed E-state index contributed by atoms with van der Waals surface area (Å²) in [6, 6.07) is 5.49. The van der Waals surface area contributed by atoms with Crippen molar-refractivity contribution in [3.63, 3.8) is 0 Å². The number of halogens is 3. The van der Waals surface area contributed by atoms with Crippen LogP contribution in [0.25, 0.3) is 0 Å². The number of aryl methyl sites for hydroxylation is 1. The quantitative estimate of drug-likeness (QED) is 0.874. The molecule has 0 saturated carbocycles. The van der Waals surface area contributed by atoms with Gasteiger partial charge in [0, 0.05) is 18.2 Å². The first kappa shape index (κ1) is 14.8. The van der Waals surface area contributed by atoms with Crippen LogP contribution >= 0.6 is 0 Å². The number of methoxy groups -OCH3 is 1. The van der Waals surface area contributed by atoms with Crippen LogP contribution in [-0.2, 0) is 0 Å². The van der Waals surface area contributed by atoms with Gasteiger partial charge in [0.1, 0.15) is 5.75 Å². The highest BCUT2D eigenvalue weighted by Gasteiger charge is 2.26. The van der Waals surface area contributed by atoms with Crippen molar-refractivity contribution >= 4 is 0 Å². The Bertz CT molecular complexity index is 390. The summed E-state index contributed by atoms with van der Waals surface area (Å²) in [7, 11) is 1.56. The number of hydrogen-bond donors (Lipinski definition) is 1. The standard InChI is InChI=1S/C13H18F3NO/c1-9-4-5-11(12(8-9)18-3)10(2)17-7-6-13(14,15)16/h4-5,8,10,17H,6-7H2,1-3H3. The monoisotopic (exact) mass is 261 g/mol. The molecule has 0 saturated heterocycles. The average molecular weight is 261 g/mol. The van der Waals surface area contributed by atoms with Crippen molar-refractivity contribution in [1.82, 2.24) is 5.32 Å². The van der Waals surface area contributed by atoms with Gasteiger partial charge in [0.25, 0.3) is 0 Å². The van der Waals surface area contributed by atoms with Crippen LogP contribution in [0.3, 0.4) is 0 Å². The molecule has 0 bridgehead atoms. The van der Waals surface area contributed by atoms with Gasteiger partial charge in [0.05, 0.1) is 13.5 Å². The molecule has 0 spiro atoms. The minimum absolute atomic E-state index is 0.0955. The molecule has 1 unspecified atom stereocenters. The zero-order valence-electron chi connectivity index (χ0n) is 10.8. The third-order valence-corrected chi connectivity index (χ3v) is 2.71. The van der Waals surface area contributed by atoms with Crippen LogP contribution in [0, 0.1) is 6.92 Å². The van der Waals surface area contributed by atoms with Gasteiger partial charge in [-0.25, -0.2) is 0 Å². The maximum atomic E-state index is 12.0. The molecule has 0 radical (unpaired) electrons. The van der Waals surface area contributed by atoms with E-state index in [1.165, 1.54) is 0 Å². The Balaban J connectivity index is 2.64. The van der Waals surface area contributed by atoms with E-state index in [0.717, 1.165) is 11.1 Å². The molecular weight excluding hydrogens is 243 g/mol. The van der Waals surface area contributed by atoms with Crippen LogP contribution in [0.1, 0.15) is 30.5 Å². The molecule has 0 amide bonds. The number of alkyl halides is 3. The van der Waals surface area contributed by atoms with Crippen LogP contribution in [0.2, 0.25) is 0 Å². The molecule has 1 rings (SSSR count). The molecule has 0 heterocycles. The van der Waals surface area contributed by atoms with Gasteiger partial charge in [0.2, 0.25) is 0 Å². The third kappa shape index (κ3) is 4.56. The van der Waals surface area contributed by atoms with Crippen molar-refractivity contribution < 1.29 is 17.9 Å². The number of rotatable bonds is 5. The van der Waals surface area contributed by atoms with E-state index in [9.17, 15) is 13.2 Å². The molecule has 1 aromatic carbocycles. The Hall–Kier alpha value is -1.23. The lowest BCUT2D eigenvalue weighted by Crippen LogP contribution is -2.24. The molecule has 2 nitrogen and oxygen atoms in total. The topological polar surface area (TPSA) is 21.3 Å². The molecule has 1 N–H and O–H groups in total. The fourth-order valence-electron chi connectivity index (χ4n) is 1.72. The fraction of sp³-hybridized carbons (Fsp3) is 0.538. The van der Waals surface area contributed by atoms with E-state index in [1.54, 1.807) is 7.11 Å². The van der Waals surface area contributed by atoms with Crippen LogP contribution < -0.4 is 10.1 Å². The summed E-state index contributed by atoms with van der Waals surface area (Å²) in [5.41, 5.74) is 1.92. The Kier molecular flexibility index (Phi) is 5.02. The number of benzene rings is 1. The summed E-state index contributed by atoms with van der Waals surface area (Å²) in [4.78, 5) is 0. The second-order valence-electron chi connectivity index (χ2n) is 4.29. The minimum Gasteiger partial charge on any atom is -0.496 e. The van der Waals surface area contributed by atoms with Crippen molar-refractivity contribution in [1.29, 1.82) is 0 Å². The van der Waals surface area contributed by atoms with Gasteiger partial charge >= 0.3 is 6.18 Å². The summed E-state index contributed by atoms with van der Waals surface area (Å²) in [5.74, 6) is 0.696. The van der Waals surface area contributed by atoms with Crippen LogP contribution in [0.4, 0.5) is 13.2 Å². The Morgan fingerprint density at radius 1 is 1.33 bits per heavy atom. The number of nitrogens with one attached hydrogen (secondary N) is 1. The van der Waals surface area contributed by atoms with E-state index < -0.39 is 12.6 Å². The fourth-order valence-corrected chi connectivity index (χ4v) is 1.72. The first-order valence-electron chi connectivity index (χ1n) is 5.78. The van der Waals surface area contributed by atoms with Gasteiger partial charge < -0.3 is 10.1 Å². The third-order valence-electron chi connectivity index (χ3n) is 2.71. The smallest absolute Gasteiger partial charge is 0.390 e. The van der Waals surface area contributed by atoms with E-state index in [-0.39, 0.29) is 12.6 Å². The van der Waals surface area contributed by atoms with Crippen LogP contribution in [0.5, 0.6) is 5.75 Å². The van der Waals surface area contributed by atoms with Gasteiger partial charge in [0.15, 0.2) is 0 Å². The molecule has 0 aliphatic heterocycles. The lowest BCUT2D eigenvalue weighted by atomic mass is 10.0. The van der Waals surface area contributed by atoms with Crippen molar-refractivity contribution in [2.45, 2.75) is 32.5 Å². The SMILES string of the molecule is COc1cc(C)ccc1C(C)NCCC(F)(F)F. The van der Waals surface area contributed by atoms with Gasteiger partial charge in [-0.3, -0.25) is 0 Å². The second kappa shape index (κ2) is 6.09. The molecule has 1 atom stereocenters. The van der Waals surface area contributed by atoms with E-state index in [2.05, 4.69) is 5.32 Å². The summed E-state index contributed by atoms with van der Waals surface area (Å²) < 4.78 is 41.4. The second-order valence-corrected chi connectivity index (χ2v) is 4.29. The van der Waals surface area contributed by atoms with Crippen LogP contribution in [-0.4, -0.2) is 19.8 Å². The van der Waals surface area contributed by atoms with Crippen LogP contribution in [0.15, 0.2) is 18.2 Å². The van der Waals surface area contributed by atoms with Gasteiger partial charge in [-0.05, 0) is 25.5 Å². The highest BCUT2D eigenvalue weighted by Crippen LogP contribution is 2.26. The van der Waals surface area contributed by atoms with Crippen molar-refractivity contribution in [3.8, 4) is 5.75 Å². The molecule has 18 heavy (non-hydrogen) atoms. The predicted octanol–water partition coefficient (Wildman–Crippen LogP) is 3.61. The van der Waals surface area contributed by atoms with Gasteiger partial charge in [-0.2, -0.15) is 13.2 Å². The highest BCUT2D eigenvalue weighted by atomic mass is 19.4. The Morgan fingerprint density at radius 2 is 2.00 bits per heavy atom. The van der Waals surface area contributed by atoms with Crippen molar-refractivity contribution in [3.05, 3.63) is 29.3 Å². The largest absolute Gasteiger partial charge is 0.496 e. The maximum Gasteiger partial charge on any atom is 0.390 e. The molecular formula is C13H18F3NO. The summed E-state index contributed by atoms with van der Waals surface area (Å²) in [5, 5.41) is 2.85. The van der Waals surface area contributed by atoms with E-state index in [4.69, 9.17) is 4.74 Å².